The molecule has 0 amide bonds. The highest BCUT2D eigenvalue weighted by Gasteiger charge is 2.15. The molecule has 1 aromatic rings. The van der Waals surface area contributed by atoms with E-state index in [9.17, 15) is 10.1 Å². The fourth-order valence-corrected chi connectivity index (χ4v) is 1.37. The van der Waals surface area contributed by atoms with Gasteiger partial charge in [0.05, 0.1) is 10.6 Å². The van der Waals surface area contributed by atoms with Gasteiger partial charge < -0.3 is 10.7 Å². The summed E-state index contributed by atoms with van der Waals surface area (Å²) in [7, 11) is 0. The van der Waals surface area contributed by atoms with E-state index in [0.717, 1.165) is 13.0 Å². The van der Waals surface area contributed by atoms with Crippen molar-refractivity contribution in [1.29, 1.82) is 0 Å². The van der Waals surface area contributed by atoms with Crippen LogP contribution in [0.3, 0.4) is 0 Å². The number of rotatable bonds is 6. The molecule has 0 aliphatic heterocycles. The molecule has 0 saturated carbocycles. The molecule has 0 aliphatic rings. The number of hydrazine groups is 1. The Morgan fingerprint density at radius 3 is 2.44 bits per heavy atom. The van der Waals surface area contributed by atoms with Crippen LogP contribution in [0.2, 0.25) is 0 Å². The SMILES string of the molecule is CCC(C)(C)CNc1cc(NN)cc([N+](=O)[O-])c1. The zero-order chi connectivity index (χ0) is 13.8. The van der Waals surface area contributed by atoms with Gasteiger partial charge in [-0.3, -0.25) is 16.0 Å². The normalized spacial score (nSPS) is 11.1. The summed E-state index contributed by atoms with van der Waals surface area (Å²) in [5.74, 6) is 5.30. The van der Waals surface area contributed by atoms with E-state index in [4.69, 9.17) is 5.84 Å². The van der Waals surface area contributed by atoms with Gasteiger partial charge in [0.1, 0.15) is 0 Å². The number of nitrogens with zero attached hydrogens (tertiary/aromatic N) is 1. The summed E-state index contributed by atoms with van der Waals surface area (Å²) in [6.07, 6.45) is 1.02. The van der Waals surface area contributed by atoms with Gasteiger partial charge in [0.15, 0.2) is 0 Å². The number of anilines is 2. The lowest BCUT2D eigenvalue weighted by atomic mass is 9.90. The molecule has 1 aromatic carbocycles. The van der Waals surface area contributed by atoms with Gasteiger partial charge in [-0.1, -0.05) is 20.8 Å². The smallest absolute Gasteiger partial charge is 0.273 e. The summed E-state index contributed by atoms with van der Waals surface area (Å²) < 4.78 is 0. The first-order valence-electron chi connectivity index (χ1n) is 5.88. The van der Waals surface area contributed by atoms with E-state index in [0.29, 0.717) is 11.4 Å². The molecule has 0 bridgehead atoms. The first-order valence-corrected chi connectivity index (χ1v) is 5.88. The Morgan fingerprint density at radius 2 is 1.94 bits per heavy atom. The molecule has 0 heterocycles. The zero-order valence-electron chi connectivity index (χ0n) is 11.0. The Morgan fingerprint density at radius 1 is 1.33 bits per heavy atom. The average molecular weight is 252 g/mol. The van der Waals surface area contributed by atoms with Crippen molar-refractivity contribution in [1.82, 2.24) is 0 Å². The van der Waals surface area contributed by atoms with E-state index in [-0.39, 0.29) is 11.1 Å². The highest BCUT2D eigenvalue weighted by Crippen LogP contribution is 2.26. The molecule has 0 radical (unpaired) electrons. The van der Waals surface area contributed by atoms with Crippen LogP contribution >= 0.6 is 0 Å². The topological polar surface area (TPSA) is 93.2 Å². The summed E-state index contributed by atoms with van der Waals surface area (Å²) in [4.78, 5) is 10.4. The van der Waals surface area contributed by atoms with Crippen LogP contribution in [0.5, 0.6) is 0 Å². The minimum absolute atomic E-state index is 0.0160. The van der Waals surface area contributed by atoms with Gasteiger partial charge in [0.2, 0.25) is 0 Å². The molecule has 0 aromatic heterocycles. The lowest BCUT2D eigenvalue weighted by Gasteiger charge is -2.23. The van der Waals surface area contributed by atoms with Crippen LogP contribution < -0.4 is 16.6 Å². The maximum absolute atomic E-state index is 10.8. The van der Waals surface area contributed by atoms with E-state index < -0.39 is 4.92 Å². The Hall–Kier alpha value is -1.82. The average Bonchev–Trinajstić information content (AvgIpc) is 2.36. The van der Waals surface area contributed by atoms with Gasteiger partial charge in [0, 0.05) is 24.4 Å². The molecule has 1 rings (SSSR count). The summed E-state index contributed by atoms with van der Waals surface area (Å²) in [6.45, 7) is 7.13. The second-order valence-corrected chi connectivity index (χ2v) is 5.04. The number of nitro groups is 1. The minimum Gasteiger partial charge on any atom is -0.384 e. The first-order chi connectivity index (χ1) is 8.38. The van der Waals surface area contributed by atoms with Crippen molar-refractivity contribution in [3.8, 4) is 0 Å². The predicted octanol–water partition coefficient (Wildman–Crippen LogP) is 2.73. The molecule has 18 heavy (non-hydrogen) atoms. The zero-order valence-corrected chi connectivity index (χ0v) is 11.0. The van der Waals surface area contributed by atoms with E-state index >= 15 is 0 Å². The van der Waals surface area contributed by atoms with E-state index in [2.05, 4.69) is 31.5 Å². The van der Waals surface area contributed by atoms with Crippen LogP contribution in [0.4, 0.5) is 17.1 Å². The van der Waals surface area contributed by atoms with Crippen molar-refractivity contribution in [2.75, 3.05) is 17.3 Å². The van der Waals surface area contributed by atoms with Crippen LogP contribution in [-0.2, 0) is 0 Å². The van der Waals surface area contributed by atoms with Gasteiger partial charge in [0.25, 0.3) is 5.69 Å². The molecule has 0 unspecified atom stereocenters. The maximum atomic E-state index is 10.8. The molecule has 100 valence electrons. The van der Waals surface area contributed by atoms with Gasteiger partial charge in [-0.05, 0) is 17.9 Å². The van der Waals surface area contributed by atoms with Gasteiger partial charge in [-0.2, -0.15) is 0 Å². The van der Waals surface area contributed by atoms with E-state index in [1.807, 2.05) is 0 Å². The third-order valence-corrected chi connectivity index (χ3v) is 3.02. The molecule has 4 N–H and O–H groups in total. The highest BCUT2D eigenvalue weighted by atomic mass is 16.6. The van der Waals surface area contributed by atoms with Gasteiger partial charge in [-0.15, -0.1) is 0 Å². The molecule has 0 aliphatic carbocycles. The lowest BCUT2D eigenvalue weighted by Crippen LogP contribution is -2.22. The second kappa shape index (κ2) is 5.68. The van der Waals surface area contributed by atoms with Crippen molar-refractivity contribution in [2.45, 2.75) is 27.2 Å². The first kappa shape index (κ1) is 14.2. The second-order valence-electron chi connectivity index (χ2n) is 5.04. The molecular weight excluding hydrogens is 232 g/mol. The summed E-state index contributed by atoms with van der Waals surface area (Å²) in [6, 6.07) is 4.65. The number of benzene rings is 1. The maximum Gasteiger partial charge on any atom is 0.273 e. The number of nitrogens with one attached hydrogen (secondary N) is 2. The number of nitrogen functional groups attached to an aromatic ring is 1. The van der Waals surface area contributed by atoms with Crippen molar-refractivity contribution in [3.63, 3.8) is 0 Å². The summed E-state index contributed by atoms with van der Waals surface area (Å²) in [5, 5.41) is 14.0. The van der Waals surface area contributed by atoms with Crippen LogP contribution in [-0.4, -0.2) is 11.5 Å². The number of hydrogen-bond donors (Lipinski definition) is 3. The van der Waals surface area contributed by atoms with Crippen molar-refractivity contribution in [3.05, 3.63) is 28.3 Å². The molecule has 0 fully saturated rings. The number of hydrogen-bond acceptors (Lipinski definition) is 5. The fourth-order valence-electron chi connectivity index (χ4n) is 1.37. The number of nitro benzene ring substituents is 1. The van der Waals surface area contributed by atoms with Crippen molar-refractivity contribution < 1.29 is 4.92 Å². The third-order valence-electron chi connectivity index (χ3n) is 3.02. The van der Waals surface area contributed by atoms with Crippen LogP contribution in [0.1, 0.15) is 27.2 Å². The standard InChI is InChI=1S/C12H20N4O2/c1-4-12(2,3)8-14-9-5-10(15-13)7-11(6-9)16(17)18/h5-7,14-15H,4,8,13H2,1-3H3. The van der Waals surface area contributed by atoms with Crippen molar-refractivity contribution in [2.24, 2.45) is 11.3 Å². The molecule has 0 saturated heterocycles. The van der Waals surface area contributed by atoms with Gasteiger partial charge >= 0.3 is 0 Å². The lowest BCUT2D eigenvalue weighted by molar-refractivity contribution is -0.384. The Balaban J connectivity index is 2.88. The largest absolute Gasteiger partial charge is 0.384 e. The highest BCUT2D eigenvalue weighted by molar-refractivity contribution is 5.63. The number of nitrogens with two attached hydrogens (primary N) is 1. The Bertz CT molecular complexity index is 432. The molecule has 6 nitrogen and oxygen atoms in total. The molecule has 6 heteroatoms. The molecule has 0 spiro atoms. The quantitative estimate of drug-likeness (QED) is 0.411. The minimum atomic E-state index is -0.434. The van der Waals surface area contributed by atoms with Crippen LogP contribution in [0.15, 0.2) is 18.2 Å². The predicted molar refractivity (Wildman–Crippen MR) is 73.5 cm³/mol. The van der Waals surface area contributed by atoms with Crippen LogP contribution in [0.25, 0.3) is 0 Å². The molecule has 0 atom stereocenters. The number of non-ortho nitro benzene ring substituents is 1. The Labute approximate surface area is 107 Å². The molecular formula is C12H20N4O2. The third kappa shape index (κ3) is 3.89. The summed E-state index contributed by atoms with van der Waals surface area (Å²) >= 11 is 0. The van der Waals surface area contributed by atoms with Gasteiger partial charge in [-0.25, -0.2) is 0 Å². The van der Waals surface area contributed by atoms with Crippen LogP contribution in [0, 0.1) is 15.5 Å². The van der Waals surface area contributed by atoms with E-state index in [1.54, 1.807) is 6.07 Å². The van der Waals surface area contributed by atoms with E-state index in [1.165, 1.54) is 12.1 Å². The fraction of sp³-hybridized carbons (Fsp3) is 0.500. The monoisotopic (exact) mass is 252 g/mol. The van der Waals surface area contributed by atoms with Crippen molar-refractivity contribution >= 4 is 17.1 Å². The summed E-state index contributed by atoms with van der Waals surface area (Å²) in [5.41, 5.74) is 3.79. The Kier molecular flexibility index (Phi) is 4.49.